The van der Waals surface area contributed by atoms with Crippen molar-refractivity contribution in [1.29, 1.82) is 0 Å². The zero-order chi connectivity index (χ0) is 28.5. The number of quaternary nitrogens is 1. The van der Waals surface area contributed by atoms with Crippen LogP contribution in [0.25, 0.3) is 0 Å². The fourth-order valence-electron chi connectivity index (χ4n) is 3.43. The SMILES string of the molecule is CCCC/C=C\C/C=C\CCCCCCCCOCC(COP(=O)(O)OCC[N+](C)(C)C)OC(=O)CCC. The van der Waals surface area contributed by atoms with E-state index in [1.165, 1.54) is 44.9 Å². The number of ether oxygens (including phenoxy) is 2. The molecule has 0 aliphatic rings. The molecule has 0 radical (unpaired) electrons. The lowest BCUT2D eigenvalue weighted by atomic mass is 10.1. The third-order valence-corrected chi connectivity index (χ3v) is 6.72. The summed E-state index contributed by atoms with van der Waals surface area (Å²) < 4.78 is 34.0. The minimum atomic E-state index is -4.23. The molecule has 0 amide bonds. The Morgan fingerprint density at radius 2 is 1.45 bits per heavy atom. The van der Waals surface area contributed by atoms with Gasteiger partial charge in [-0.3, -0.25) is 13.8 Å². The quantitative estimate of drug-likeness (QED) is 0.0400. The molecule has 9 heteroatoms. The van der Waals surface area contributed by atoms with Crippen LogP contribution in [0.15, 0.2) is 24.3 Å². The number of carbonyl (C=O) groups is 1. The summed E-state index contributed by atoms with van der Waals surface area (Å²) in [6.07, 6.45) is 22.0. The standard InChI is InChI=1S/C29H56NO7P/c1-6-8-9-10-11-12-13-14-15-16-17-18-19-20-21-24-34-26-28(37-29(31)22-7-2)27-36-38(32,33)35-25-23-30(3,4)5/h10-11,13-14,28H,6-9,12,15-27H2,1-5H3/p+1/b11-10-,14-13-. The van der Waals surface area contributed by atoms with Crippen LogP contribution in [0.2, 0.25) is 0 Å². The smallest absolute Gasteiger partial charge is 0.457 e. The van der Waals surface area contributed by atoms with Crippen molar-refractivity contribution in [3.63, 3.8) is 0 Å². The number of phosphoric ester groups is 1. The molecule has 0 heterocycles. The van der Waals surface area contributed by atoms with Gasteiger partial charge in [-0.15, -0.1) is 0 Å². The summed E-state index contributed by atoms with van der Waals surface area (Å²) in [6.45, 7) is 5.16. The van der Waals surface area contributed by atoms with Gasteiger partial charge in [0, 0.05) is 13.0 Å². The van der Waals surface area contributed by atoms with Crippen LogP contribution in [0.5, 0.6) is 0 Å². The van der Waals surface area contributed by atoms with Crippen molar-refractivity contribution < 1.29 is 37.3 Å². The van der Waals surface area contributed by atoms with E-state index in [-0.39, 0.29) is 32.2 Å². The molecule has 0 aromatic carbocycles. The minimum Gasteiger partial charge on any atom is -0.457 e. The molecule has 2 atom stereocenters. The zero-order valence-electron chi connectivity index (χ0n) is 24.9. The van der Waals surface area contributed by atoms with Crippen LogP contribution in [-0.4, -0.2) is 75.6 Å². The number of allylic oxidation sites excluding steroid dienone is 4. The first kappa shape index (κ1) is 37.0. The number of hydrogen-bond acceptors (Lipinski definition) is 6. The van der Waals surface area contributed by atoms with E-state index in [9.17, 15) is 14.3 Å². The fraction of sp³-hybridized carbons (Fsp3) is 0.828. The predicted octanol–water partition coefficient (Wildman–Crippen LogP) is 6.98. The van der Waals surface area contributed by atoms with Gasteiger partial charge in [-0.05, 0) is 38.5 Å². The topological polar surface area (TPSA) is 91.3 Å². The molecule has 0 bridgehead atoms. The highest BCUT2D eigenvalue weighted by atomic mass is 31.2. The van der Waals surface area contributed by atoms with Gasteiger partial charge in [0.2, 0.25) is 0 Å². The minimum absolute atomic E-state index is 0.0849. The molecular formula is C29H57NO7P+. The summed E-state index contributed by atoms with van der Waals surface area (Å²) in [5.41, 5.74) is 0. The molecule has 0 fully saturated rings. The van der Waals surface area contributed by atoms with E-state index in [1.807, 2.05) is 28.1 Å². The van der Waals surface area contributed by atoms with Crippen LogP contribution in [0.3, 0.4) is 0 Å². The molecule has 0 saturated carbocycles. The Labute approximate surface area is 233 Å². The second kappa shape index (κ2) is 23.8. The molecule has 0 aliphatic carbocycles. The van der Waals surface area contributed by atoms with Gasteiger partial charge in [0.25, 0.3) is 0 Å². The van der Waals surface area contributed by atoms with E-state index in [1.54, 1.807) is 0 Å². The van der Waals surface area contributed by atoms with Crippen LogP contribution < -0.4 is 0 Å². The van der Waals surface area contributed by atoms with Gasteiger partial charge in [0.15, 0.2) is 0 Å². The summed E-state index contributed by atoms with van der Waals surface area (Å²) in [7, 11) is 1.65. The Morgan fingerprint density at radius 1 is 0.816 bits per heavy atom. The number of rotatable bonds is 26. The highest BCUT2D eigenvalue weighted by molar-refractivity contribution is 7.47. The normalized spacial score (nSPS) is 14.8. The van der Waals surface area contributed by atoms with E-state index in [0.29, 0.717) is 24.1 Å². The zero-order valence-corrected chi connectivity index (χ0v) is 25.8. The summed E-state index contributed by atoms with van der Waals surface area (Å²) in [5.74, 6) is -0.373. The van der Waals surface area contributed by atoms with Crippen molar-refractivity contribution in [3.05, 3.63) is 24.3 Å². The number of esters is 1. The maximum atomic E-state index is 12.2. The largest absolute Gasteiger partial charge is 0.472 e. The molecular weight excluding hydrogens is 505 g/mol. The van der Waals surface area contributed by atoms with Gasteiger partial charge >= 0.3 is 13.8 Å². The number of carbonyl (C=O) groups excluding carboxylic acids is 1. The Morgan fingerprint density at radius 3 is 2.08 bits per heavy atom. The van der Waals surface area contributed by atoms with Gasteiger partial charge < -0.3 is 18.9 Å². The Bertz CT molecular complexity index is 676. The van der Waals surface area contributed by atoms with E-state index < -0.39 is 13.9 Å². The van der Waals surface area contributed by atoms with Crippen molar-refractivity contribution >= 4 is 13.8 Å². The molecule has 0 saturated heterocycles. The third-order valence-electron chi connectivity index (χ3n) is 5.74. The molecule has 224 valence electrons. The molecule has 2 unspecified atom stereocenters. The monoisotopic (exact) mass is 562 g/mol. The maximum absolute atomic E-state index is 12.2. The van der Waals surface area contributed by atoms with Crippen LogP contribution in [0.1, 0.15) is 97.3 Å². The number of nitrogens with zero attached hydrogens (tertiary/aromatic N) is 1. The first-order chi connectivity index (χ1) is 18.1. The molecule has 0 spiro atoms. The van der Waals surface area contributed by atoms with Gasteiger partial charge in [-0.25, -0.2) is 4.57 Å². The van der Waals surface area contributed by atoms with Crippen LogP contribution in [0.4, 0.5) is 0 Å². The average Bonchev–Trinajstić information content (AvgIpc) is 2.83. The molecule has 38 heavy (non-hydrogen) atoms. The number of phosphoric acid groups is 1. The lowest BCUT2D eigenvalue weighted by Gasteiger charge is -2.24. The van der Waals surface area contributed by atoms with Gasteiger partial charge in [0.05, 0.1) is 34.4 Å². The summed E-state index contributed by atoms with van der Waals surface area (Å²) in [6, 6.07) is 0. The lowest BCUT2D eigenvalue weighted by molar-refractivity contribution is -0.870. The summed E-state index contributed by atoms with van der Waals surface area (Å²) in [5, 5.41) is 0. The Kier molecular flexibility index (Phi) is 23.2. The van der Waals surface area contributed by atoms with Gasteiger partial charge in [-0.1, -0.05) is 76.7 Å². The third kappa shape index (κ3) is 26.6. The first-order valence-electron chi connectivity index (χ1n) is 14.6. The van der Waals surface area contributed by atoms with Crippen molar-refractivity contribution in [2.75, 3.05) is 54.1 Å². The highest BCUT2D eigenvalue weighted by Crippen LogP contribution is 2.43. The number of likely N-dealkylation sites (N-methyl/N-ethyl adjacent to an activating group) is 1. The van der Waals surface area contributed by atoms with Crippen molar-refractivity contribution in [1.82, 2.24) is 0 Å². The predicted molar refractivity (Wildman–Crippen MR) is 155 cm³/mol. The fourth-order valence-corrected chi connectivity index (χ4v) is 4.17. The second-order valence-electron chi connectivity index (χ2n) is 10.8. The van der Waals surface area contributed by atoms with Crippen molar-refractivity contribution in [2.45, 2.75) is 103 Å². The van der Waals surface area contributed by atoms with Crippen LogP contribution in [0, 0.1) is 0 Å². The summed E-state index contributed by atoms with van der Waals surface area (Å²) >= 11 is 0. The molecule has 1 N–H and O–H groups in total. The van der Waals surface area contributed by atoms with Gasteiger partial charge in [0.1, 0.15) is 19.3 Å². The lowest BCUT2D eigenvalue weighted by Crippen LogP contribution is -2.37. The van der Waals surface area contributed by atoms with E-state index in [4.69, 9.17) is 18.5 Å². The van der Waals surface area contributed by atoms with Gasteiger partial charge in [-0.2, -0.15) is 0 Å². The maximum Gasteiger partial charge on any atom is 0.472 e. The van der Waals surface area contributed by atoms with E-state index in [0.717, 1.165) is 25.7 Å². The molecule has 0 rings (SSSR count). The molecule has 0 aliphatic heterocycles. The van der Waals surface area contributed by atoms with Crippen LogP contribution in [-0.2, 0) is 27.9 Å². The summed E-state index contributed by atoms with van der Waals surface area (Å²) in [4.78, 5) is 21.9. The highest BCUT2D eigenvalue weighted by Gasteiger charge is 2.26. The molecule has 0 aromatic heterocycles. The first-order valence-corrected chi connectivity index (χ1v) is 16.1. The molecule has 8 nitrogen and oxygen atoms in total. The molecule has 0 aromatic rings. The van der Waals surface area contributed by atoms with E-state index in [2.05, 4.69) is 31.2 Å². The van der Waals surface area contributed by atoms with Crippen molar-refractivity contribution in [2.24, 2.45) is 0 Å². The second-order valence-corrected chi connectivity index (χ2v) is 12.2. The number of unbranched alkanes of at least 4 members (excludes halogenated alkanes) is 8. The number of hydrogen-bond donors (Lipinski definition) is 1. The van der Waals surface area contributed by atoms with Crippen LogP contribution >= 0.6 is 7.82 Å². The average molecular weight is 563 g/mol. The Balaban J connectivity index is 4.02. The van der Waals surface area contributed by atoms with Crippen molar-refractivity contribution in [3.8, 4) is 0 Å². The Hall–Kier alpha value is -1.02. The van der Waals surface area contributed by atoms with E-state index >= 15 is 0 Å².